The van der Waals surface area contributed by atoms with Gasteiger partial charge in [0.25, 0.3) is 5.56 Å². The summed E-state index contributed by atoms with van der Waals surface area (Å²) in [5, 5.41) is 0.0490. The number of nitrogens with zero attached hydrogens (tertiary/aromatic N) is 1. The fourth-order valence-corrected chi connectivity index (χ4v) is 2.18. The second-order valence-electron chi connectivity index (χ2n) is 4.03. The molecule has 2 aromatic rings. The fraction of sp³-hybridized carbons (Fsp3) is 0.231. The first kappa shape index (κ1) is 12.6. The molecule has 0 saturated heterocycles. The Kier molecular flexibility index (Phi) is 3.39. The van der Waals surface area contributed by atoms with Gasteiger partial charge in [-0.3, -0.25) is 9.78 Å². The van der Waals surface area contributed by atoms with E-state index in [4.69, 9.17) is 11.6 Å². The third-order valence-electron chi connectivity index (χ3n) is 2.83. The molecular weight excluding hydrogens is 252 g/mol. The number of H-pyrrole nitrogens is 1. The van der Waals surface area contributed by atoms with Crippen molar-refractivity contribution in [2.24, 2.45) is 0 Å². The number of hydrogen-bond acceptors (Lipinski definition) is 2. The van der Waals surface area contributed by atoms with Crippen LogP contribution in [-0.4, -0.2) is 9.55 Å². The van der Waals surface area contributed by atoms with Crippen LogP contribution in [0.5, 0.6) is 0 Å². The van der Waals surface area contributed by atoms with Crippen LogP contribution < -0.4 is 11.2 Å². The molecule has 0 unspecified atom stereocenters. The van der Waals surface area contributed by atoms with Crippen molar-refractivity contribution in [3.8, 4) is 5.69 Å². The highest BCUT2D eigenvalue weighted by Crippen LogP contribution is 2.17. The molecule has 0 spiro atoms. The maximum atomic E-state index is 11.9. The highest BCUT2D eigenvalue weighted by atomic mass is 35.5. The summed E-state index contributed by atoms with van der Waals surface area (Å²) in [6, 6.07) is 6.89. The van der Waals surface area contributed by atoms with Crippen LogP contribution in [-0.2, 0) is 6.42 Å². The SMILES string of the molecule is CCc1cccc(C)c1-n1c(=O)cc(Cl)[nH]c1=O. The van der Waals surface area contributed by atoms with Crippen LogP contribution in [0.15, 0.2) is 33.9 Å². The minimum absolute atomic E-state index is 0.0490. The lowest BCUT2D eigenvalue weighted by molar-refractivity contribution is 0.854. The number of para-hydroxylation sites is 1. The maximum absolute atomic E-state index is 11.9. The van der Waals surface area contributed by atoms with E-state index in [-0.39, 0.29) is 5.15 Å². The van der Waals surface area contributed by atoms with E-state index in [0.717, 1.165) is 22.1 Å². The Labute approximate surface area is 109 Å². The summed E-state index contributed by atoms with van der Waals surface area (Å²) in [4.78, 5) is 26.3. The lowest BCUT2D eigenvalue weighted by Crippen LogP contribution is -2.34. The van der Waals surface area contributed by atoms with Gasteiger partial charge in [0.2, 0.25) is 0 Å². The molecule has 18 heavy (non-hydrogen) atoms. The van der Waals surface area contributed by atoms with Crippen LogP contribution >= 0.6 is 11.6 Å². The van der Waals surface area contributed by atoms with Crippen molar-refractivity contribution in [3.63, 3.8) is 0 Å². The van der Waals surface area contributed by atoms with Gasteiger partial charge < -0.3 is 0 Å². The van der Waals surface area contributed by atoms with Crippen LogP contribution in [0.4, 0.5) is 0 Å². The molecule has 0 aliphatic heterocycles. The van der Waals surface area contributed by atoms with Gasteiger partial charge in [0.15, 0.2) is 0 Å². The summed E-state index contributed by atoms with van der Waals surface area (Å²) in [6.45, 7) is 3.85. The lowest BCUT2D eigenvalue weighted by atomic mass is 10.1. The van der Waals surface area contributed by atoms with Crippen molar-refractivity contribution in [3.05, 3.63) is 61.4 Å². The van der Waals surface area contributed by atoms with E-state index in [9.17, 15) is 9.59 Å². The molecular formula is C13H13ClN2O2. The Morgan fingerprint density at radius 1 is 1.33 bits per heavy atom. The fourth-order valence-electron chi connectivity index (χ4n) is 2.00. The summed E-state index contributed by atoms with van der Waals surface area (Å²) in [7, 11) is 0. The summed E-state index contributed by atoms with van der Waals surface area (Å²) in [6.07, 6.45) is 0.742. The summed E-state index contributed by atoms with van der Waals surface area (Å²) < 4.78 is 1.13. The second kappa shape index (κ2) is 4.82. The van der Waals surface area contributed by atoms with Gasteiger partial charge in [-0.25, -0.2) is 9.36 Å². The molecule has 2 rings (SSSR count). The first-order valence-electron chi connectivity index (χ1n) is 5.65. The quantitative estimate of drug-likeness (QED) is 0.844. The largest absolute Gasteiger partial charge is 0.334 e. The number of aryl methyl sites for hydroxylation is 2. The molecule has 0 bridgehead atoms. The van der Waals surface area contributed by atoms with Gasteiger partial charge in [0, 0.05) is 6.07 Å². The predicted octanol–water partition coefficient (Wildman–Crippen LogP) is 2.05. The molecule has 4 nitrogen and oxygen atoms in total. The van der Waals surface area contributed by atoms with Crippen LogP contribution in [0.3, 0.4) is 0 Å². The Morgan fingerprint density at radius 2 is 2.06 bits per heavy atom. The van der Waals surface area contributed by atoms with Gasteiger partial charge in [-0.1, -0.05) is 36.7 Å². The first-order chi connectivity index (χ1) is 8.54. The molecule has 0 saturated carbocycles. The van der Waals surface area contributed by atoms with Gasteiger partial charge in [-0.15, -0.1) is 0 Å². The number of aromatic nitrogens is 2. The molecule has 0 radical (unpaired) electrons. The second-order valence-corrected chi connectivity index (χ2v) is 4.44. The third kappa shape index (κ3) is 2.11. The molecule has 1 aromatic heterocycles. The van der Waals surface area contributed by atoms with Crippen LogP contribution in [0, 0.1) is 6.92 Å². The molecule has 0 fully saturated rings. The monoisotopic (exact) mass is 264 g/mol. The standard InChI is InChI=1S/C13H13ClN2O2/c1-3-9-6-4-5-8(2)12(9)16-11(17)7-10(14)15-13(16)18/h4-7H,3H2,1-2H3,(H,15,18). The molecule has 0 aliphatic rings. The van der Waals surface area contributed by atoms with E-state index in [1.54, 1.807) is 0 Å². The molecule has 5 heteroatoms. The average molecular weight is 265 g/mol. The van der Waals surface area contributed by atoms with E-state index >= 15 is 0 Å². The van der Waals surface area contributed by atoms with Crippen molar-refractivity contribution < 1.29 is 0 Å². The Bertz CT molecular complexity index is 670. The van der Waals surface area contributed by atoms with Crippen molar-refractivity contribution in [2.45, 2.75) is 20.3 Å². The van der Waals surface area contributed by atoms with Gasteiger partial charge in [-0.2, -0.15) is 0 Å². The maximum Gasteiger partial charge on any atom is 0.334 e. The lowest BCUT2D eigenvalue weighted by Gasteiger charge is -2.12. The molecule has 1 aromatic carbocycles. The summed E-state index contributed by atoms with van der Waals surface area (Å²) >= 11 is 5.65. The molecule has 1 heterocycles. The number of benzene rings is 1. The highest BCUT2D eigenvalue weighted by Gasteiger charge is 2.11. The molecule has 94 valence electrons. The van der Waals surface area contributed by atoms with Gasteiger partial charge in [-0.05, 0) is 24.5 Å². The van der Waals surface area contributed by atoms with Crippen molar-refractivity contribution in [2.75, 3.05) is 0 Å². The van der Waals surface area contributed by atoms with E-state index in [2.05, 4.69) is 4.98 Å². The number of rotatable bonds is 2. The summed E-state index contributed by atoms with van der Waals surface area (Å²) in [5.74, 6) is 0. The molecule has 0 amide bonds. The zero-order valence-electron chi connectivity index (χ0n) is 10.2. The Hall–Kier alpha value is -1.81. The van der Waals surface area contributed by atoms with E-state index in [1.807, 2.05) is 32.0 Å². The van der Waals surface area contributed by atoms with Gasteiger partial charge in [0.1, 0.15) is 5.15 Å². The van der Waals surface area contributed by atoms with Crippen LogP contribution in [0.1, 0.15) is 18.1 Å². The number of nitrogens with one attached hydrogen (secondary N) is 1. The normalized spacial score (nSPS) is 10.6. The van der Waals surface area contributed by atoms with Crippen molar-refractivity contribution in [1.82, 2.24) is 9.55 Å². The Balaban J connectivity index is 2.86. The topological polar surface area (TPSA) is 54.9 Å². The van der Waals surface area contributed by atoms with Crippen LogP contribution in [0.25, 0.3) is 5.69 Å². The highest BCUT2D eigenvalue weighted by molar-refractivity contribution is 6.29. The van der Waals surface area contributed by atoms with Gasteiger partial charge >= 0.3 is 5.69 Å². The van der Waals surface area contributed by atoms with Crippen molar-refractivity contribution >= 4 is 11.6 Å². The summed E-state index contributed by atoms with van der Waals surface area (Å²) in [5.41, 5.74) is 1.53. The smallest absolute Gasteiger partial charge is 0.297 e. The average Bonchev–Trinajstić information content (AvgIpc) is 2.29. The molecule has 0 atom stereocenters. The zero-order chi connectivity index (χ0) is 13.3. The van der Waals surface area contributed by atoms with Gasteiger partial charge in [0.05, 0.1) is 5.69 Å². The minimum Gasteiger partial charge on any atom is -0.297 e. The predicted molar refractivity (Wildman–Crippen MR) is 71.8 cm³/mol. The first-order valence-corrected chi connectivity index (χ1v) is 6.03. The number of hydrogen-bond donors (Lipinski definition) is 1. The zero-order valence-corrected chi connectivity index (χ0v) is 10.9. The molecule has 0 aliphatic carbocycles. The number of halogens is 1. The minimum atomic E-state index is -0.517. The van der Waals surface area contributed by atoms with E-state index < -0.39 is 11.2 Å². The van der Waals surface area contributed by atoms with Crippen LogP contribution in [0.2, 0.25) is 5.15 Å². The Morgan fingerprint density at radius 3 is 2.67 bits per heavy atom. The van der Waals surface area contributed by atoms with Crippen molar-refractivity contribution in [1.29, 1.82) is 0 Å². The van der Waals surface area contributed by atoms with E-state index in [0.29, 0.717) is 5.69 Å². The van der Waals surface area contributed by atoms with E-state index in [1.165, 1.54) is 6.07 Å². The third-order valence-corrected chi connectivity index (χ3v) is 3.03. The number of aromatic amines is 1. The molecule has 1 N–H and O–H groups in total.